The lowest BCUT2D eigenvalue weighted by Gasteiger charge is -2.39. The van der Waals surface area contributed by atoms with Crippen LogP contribution in [0.15, 0.2) is 0 Å². The second-order valence-corrected chi connectivity index (χ2v) is 8.56. The van der Waals surface area contributed by atoms with Gasteiger partial charge in [0, 0.05) is 12.0 Å². The van der Waals surface area contributed by atoms with Crippen LogP contribution in [-0.4, -0.2) is 37.7 Å². The lowest BCUT2D eigenvalue weighted by atomic mass is 9.70. The molecule has 0 radical (unpaired) electrons. The number of aliphatic hydroxyl groups excluding tert-OH is 1. The van der Waals surface area contributed by atoms with Gasteiger partial charge in [0.15, 0.2) is 9.84 Å². The van der Waals surface area contributed by atoms with Gasteiger partial charge < -0.3 is 10.8 Å². The molecule has 4 nitrogen and oxygen atoms in total. The number of rotatable bonds is 3. The molecule has 2 fully saturated rings. The molecule has 106 valence electrons. The summed E-state index contributed by atoms with van der Waals surface area (Å²) in [4.78, 5) is 0. The van der Waals surface area contributed by atoms with E-state index in [1.54, 1.807) is 0 Å². The fourth-order valence-electron chi connectivity index (χ4n) is 3.56. The predicted molar refractivity (Wildman–Crippen MR) is 71.9 cm³/mol. The first-order chi connectivity index (χ1) is 8.38. The Morgan fingerprint density at radius 2 is 1.94 bits per heavy atom. The molecule has 2 unspecified atom stereocenters. The first-order valence-electron chi connectivity index (χ1n) is 6.97. The van der Waals surface area contributed by atoms with Gasteiger partial charge in [0.25, 0.3) is 0 Å². The quantitative estimate of drug-likeness (QED) is 0.803. The minimum Gasteiger partial charge on any atom is -0.392 e. The van der Waals surface area contributed by atoms with E-state index >= 15 is 0 Å². The van der Waals surface area contributed by atoms with E-state index in [1.165, 1.54) is 0 Å². The van der Waals surface area contributed by atoms with E-state index in [0.29, 0.717) is 6.42 Å². The van der Waals surface area contributed by atoms with Crippen molar-refractivity contribution in [2.24, 2.45) is 23.0 Å². The Bertz CT molecular complexity index is 387. The van der Waals surface area contributed by atoms with Crippen molar-refractivity contribution in [3.05, 3.63) is 0 Å². The van der Waals surface area contributed by atoms with Gasteiger partial charge in [-0.15, -0.1) is 0 Å². The molecule has 1 saturated heterocycles. The topological polar surface area (TPSA) is 80.4 Å². The molecule has 0 aromatic rings. The summed E-state index contributed by atoms with van der Waals surface area (Å²) in [5.41, 5.74) is 5.22. The molecule has 18 heavy (non-hydrogen) atoms. The molecule has 1 heterocycles. The zero-order valence-electron chi connectivity index (χ0n) is 11.1. The summed E-state index contributed by atoms with van der Waals surface area (Å²) in [5, 5.41) is 10.6. The van der Waals surface area contributed by atoms with Crippen molar-refractivity contribution in [3.63, 3.8) is 0 Å². The van der Waals surface area contributed by atoms with Crippen LogP contribution in [0.2, 0.25) is 0 Å². The Morgan fingerprint density at radius 1 is 1.33 bits per heavy atom. The first kappa shape index (κ1) is 14.3. The monoisotopic (exact) mass is 275 g/mol. The van der Waals surface area contributed by atoms with Crippen LogP contribution in [0.1, 0.15) is 39.0 Å². The third kappa shape index (κ3) is 2.73. The summed E-state index contributed by atoms with van der Waals surface area (Å²) < 4.78 is 23.4. The van der Waals surface area contributed by atoms with Crippen LogP contribution < -0.4 is 5.73 Å². The highest BCUT2D eigenvalue weighted by Crippen LogP contribution is 2.42. The Morgan fingerprint density at radius 3 is 2.39 bits per heavy atom. The minimum atomic E-state index is -3.00. The Hall–Kier alpha value is -0.130. The minimum absolute atomic E-state index is 0.0731. The van der Waals surface area contributed by atoms with E-state index in [1.807, 2.05) is 0 Å². The summed E-state index contributed by atoms with van der Waals surface area (Å²) in [6, 6.07) is 0. The maximum atomic E-state index is 11.7. The molecule has 2 aliphatic rings. The van der Waals surface area contributed by atoms with Gasteiger partial charge in [-0.1, -0.05) is 19.8 Å². The van der Waals surface area contributed by atoms with E-state index in [2.05, 4.69) is 6.92 Å². The van der Waals surface area contributed by atoms with Gasteiger partial charge in [0.2, 0.25) is 0 Å². The predicted octanol–water partition coefficient (Wildman–Crippen LogP) is 0.937. The third-order valence-electron chi connectivity index (χ3n) is 4.96. The second kappa shape index (κ2) is 5.10. The molecule has 0 spiro atoms. The Labute approximate surface area is 110 Å². The van der Waals surface area contributed by atoms with Crippen LogP contribution in [0.5, 0.6) is 0 Å². The molecule has 1 aliphatic heterocycles. The van der Waals surface area contributed by atoms with Gasteiger partial charge in [-0.2, -0.15) is 0 Å². The lowest BCUT2D eigenvalue weighted by molar-refractivity contribution is -0.0171. The molecular weight excluding hydrogens is 250 g/mol. The number of nitrogens with two attached hydrogens (primary N) is 1. The van der Waals surface area contributed by atoms with E-state index < -0.39 is 21.4 Å². The molecule has 3 N–H and O–H groups in total. The smallest absolute Gasteiger partial charge is 0.151 e. The summed E-state index contributed by atoms with van der Waals surface area (Å²) >= 11 is 0. The molecule has 1 aliphatic carbocycles. The first-order valence-corrected chi connectivity index (χ1v) is 8.79. The molecule has 0 amide bonds. The third-order valence-corrected chi connectivity index (χ3v) is 6.80. The van der Waals surface area contributed by atoms with Crippen LogP contribution in [0.25, 0.3) is 0 Å². The van der Waals surface area contributed by atoms with Crippen molar-refractivity contribution in [2.45, 2.75) is 45.1 Å². The molecule has 0 bridgehead atoms. The van der Waals surface area contributed by atoms with Crippen molar-refractivity contribution in [1.29, 1.82) is 0 Å². The van der Waals surface area contributed by atoms with Crippen LogP contribution in [-0.2, 0) is 9.84 Å². The van der Waals surface area contributed by atoms with E-state index in [-0.39, 0.29) is 24.0 Å². The van der Waals surface area contributed by atoms with Crippen LogP contribution in [0.3, 0.4) is 0 Å². The lowest BCUT2D eigenvalue weighted by Crippen LogP contribution is -2.47. The van der Waals surface area contributed by atoms with Gasteiger partial charge in [0.1, 0.15) is 0 Å². The summed E-state index contributed by atoms with van der Waals surface area (Å²) in [7, 11) is -3.00. The second-order valence-electron chi connectivity index (χ2n) is 6.37. The van der Waals surface area contributed by atoms with E-state index in [9.17, 15) is 13.5 Å². The van der Waals surface area contributed by atoms with E-state index in [0.717, 1.165) is 31.6 Å². The average Bonchev–Trinajstić information content (AvgIpc) is 2.66. The van der Waals surface area contributed by atoms with E-state index in [4.69, 9.17) is 5.73 Å². The molecule has 5 heteroatoms. The molecule has 0 aromatic carbocycles. The van der Waals surface area contributed by atoms with Crippen molar-refractivity contribution in [3.8, 4) is 0 Å². The highest BCUT2D eigenvalue weighted by atomic mass is 32.2. The van der Waals surface area contributed by atoms with Crippen molar-refractivity contribution >= 4 is 9.84 Å². The SMILES string of the molecule is CC1CCC(C(O)C2(CN)CCS(=O)(=O)C2)CC1. The Kier molecular flexibility index (Phi) is 4.04. The summed E-state index contributed by atoms with van der Waals surface area (Å²) in [6.45, 7) is 2.51. The fourth-order valence-corrected chi connectivity index (χ4v) is 5.73. The van der Waals surface area contributed by atoms with Crippen LogP contribution in [0, 0.1) is 17.3 Å². The van der Waals surface area contributed by atoms with Gasteiger partial charge in [-0.25, -0.2) is 8.42 Å². The average molecular weight is 275 g/mol. The molecule has 2 atom stereocenters. The Balaban J connectivity index is 2.09. The highest BCUT2D eigenvalue weighted by Gasteiger charge is 2.49. The molecule has 2 rings (SSSR count). The standard InChI is InChI=1S/C13H25NO3S/c1-10-2-4-11(5-3-10)12(15)13(8-14)6-7-18(16,17)9-13/h10-12,15H,2-9,14H2,1H3. The fraction of sp³-hybridized carbons (Fsp3) is 1.00. The number of aliphatic hydroxyl groups is 1. The van der Waals surface area contributed by atoms with Gasteiger partial charge in [-0.3, -0.25) is 0 Å². The van der Waals surface area contributed by atoms with Gasteiger partial charge in [0.05, 0.1) is 17.6 Å². The molecule has 0 aromatic heterocycles. The van der Waals surface area contributed by atoms with Crippen molar-refractivity contribution < 1.29 is 13.5 Å². The summed E-state index contributed by atoms with van der Waals surface area (Å²) in [5.74, 6) is 1.22. The number of sulfone groups is 1. The van der Waals surface area contributed by atoms with Crippen LogP contribution in [0.4, 0.5) is 0 Å². The molecular formula is C13H25NO3S. The van der Waals surface area contributed by atoms with Crippen molar-refractivity contribution in [1.82, 2.24) is 0 Å². The number of hydrogen-bond donors (Lipinski definition) is 2. The normalized spacial score (nSPS) is 41.7. The maximum absolute atomic E-state index is 11.7. The zero-order valence-corrected chi connectivity index (χ0v) is 12.0. The largest absolute Gasteiger partial charge is 0.392 e. The van der Waals surface area contributed by atoms with Gasteiger partial charge in [-0.05, 0) is 31.1 Å². The van der Waals surface area contributed by atoms with Crippen molar-refractivity contribution in [2.75, 3.05) is 18.1 Å². The summed E-state index contributed by atoms with van der Waals surface area (Å²) in [6.07, 6.45) is 4.25. The number of hydrogen-bond acceptors (Lipinski definition) is 4. The molecule has 1 saturated carbocycles. The van der Waals surface area contributed by atoms with Crippen LogP contribution >= 0.6 is 0 Å². The van der Waals surface area contributed by atoms with Gasteiger partial charge >= 0.3 is 0 Å². The zero-order chi connectivity index (χ0) is 13.4. The highest BCUT2D eigenvalue weighted by molar-refractivity contribution is 7.91. The maximum Gasteiger partial charge on any atom is 0.151 e.